The van der Waals surface area contributed by atoms with Crippen molar-refractivity contribution in [3.63, 3.8) is 0 Å². The molecule has 0 unspecified atom stereocenters. The molecule has 1 N–H and O–H groups in total. The minimum Gasteiger partial charge on any atom is -0.497 e. The molecule has 6 heteroatoms. The first-order valence-corrected chi connectivity index (χ1v) is 7.84. The zero-order valence-corrected chi connectivity index (χ0v) is 14.5. The summed E-state index contributed by atoms with van der Waals surface area (Å²) in [7, 11) is 3.38. The number of aryl methyl sites for hydroxylation is 2. The molecule has 0 aliphatic rings. The fraction of sp³-hybridized carbons (Fsp3) is 0.389. The predicted octanol–water partition coefficient (Wildman–Crippen LogP) is 1.99. The van der Waals surface area contributed by atoms with Crippen LogP contribution in [-0.2, 0) is 17.8 Å². The van der Waals surface area contributed by atoms with Crippen molar-refractivity contribution in [3.05, 3.63) is 57.3 Å². The maximum absolute atomic E-state index is 12.3. The highest BCUT2D eigenvalue weighted by Crippen LogP contribution is 2.13. The van der Waals surface area contributed by atoms with Crippen LogP contribution in [0, 0.1) is 13.8 Å². The van der Waals surface area contributed by atoms with Crippen molar-refractivity contribution in [1.82, 2.24) is 14.9 Å². The number of methoxy groups -OCH3 is 1. The minimum atomic E-state index is -0.161. The summed E-state index contributed by atoms with van der Waals surface area (Å²) < 4.78 is 5.12. The number of H-pyrrole nitrogens is 1. The molecule has 1 aromatic carbocycles. The van der Waals surface area contributed by atoms with E-state index in [4.69, 9.17) is 4.74 Å². The third kappa shape index (κ3) is 4.44. The zero-order chi connectivity index (χ0) is 17.7. The van der Waals surface area contributed by atoms with Gasteiger partial charge in [0.05, 0.1) is 7.11 Å². The van der Waals surface area contributed by atoms with Gasteiger partial charge in [0.2, 0.25) is 5.91 Å². The number of hydrogen-bond acceptors (Lipinski definition) is 4. The van der Waals surface area contributed by atoms with E-state index in [1.54, 1.807) is 32.9 Å². The van der Waals surface area contributed by atoms with Crippen LogP contribution in [0.5, 0.6) is 5.75 Å². The third-order valence-corrected chi connectivity index (χ3v) is 3.93. The molecule has 128 valence electrons. The summed E-state index contributed by atoms with van der Waals surface area (Å²) in [6, 6.07) is 7.60. The molecule has 1 amide bonds. The Bertz CT molecular complexity index is 766. The Morgan fingerprint density at radius 2 is 1.92 bits per heavy atom. The molecule has 0 fully saturated rings. The standard InChI is InChI=1S/C18H23N3O3/c1-12-16(18(23)20-13(2)19-12)9-10-17(22)21(3)11-14-5-7-15(24-4)8-6-14/h5-8H,9-11H2,1-4H3,(H,19,20,23). The van der Waals surface area contributed by atoms with Crippen LogP contribution in [0.1, 0.15) is 29.1 Å². The minimum absolute atomic E-state index is 0.00908. The lowest BCUT2D eigenvalue weighted by Gasteiger charge is -2.17. The monoisotopic (exact) mass is 329 g/mol. The Kier molecular flexibility index (Phi) is 5.73. The number of aromatic nitrogens is 2. The van der Waals surface area contributed by atoms with Gasteiger partial charge in [-0.3, -0.25) is 9.59 Å². The fourth-order valence-electron chi connectivity index (χ4n) is 2.56. The lowest BCUT2D eigenvalue weighted by atomic mass is 10.1. The summed E-state index contributed by atoms with van der Waals surface area (Å²) in [5.41, 5.74) is 2.12. The number of nitrogens with one attached hydrogen (secondary N) is 1. The number of carbonyl (C=O) groups is 1. The Balaban J connectivity index is 1.95. The van der Waals surface area contributed by atoms with Gasteiger partial charge in [0.15, 0.2) is 0 Å². The van der Waals surface area contributed by atoms with Gasteiger partial charge in [0.1, 0.15) is 11.6 Å². The zero-order valence-electron chi connectivity index (χ0n) is 14.5. The number of benzene rings is 1. The number of amides is 1. The van der Waals surface area contributed by atoms with Crippen molar-refractivity contribution in [1.29, 1.82) is 0 Å². The molecule has 0 saturated carbocycles. The Labute approximate surface area is 141 Å². The molecule has 0 aliphatic carbocycles. The number of aromatic amines is 1. The van der Waals surface area contributed by atoms with Crippen LogP contribution in [0.4, 0.5) is 0 Å². The van der Waals surface area contributed by atoms with Gasteiger partial charge in [-0.15, -0.1) is 0 Å². The highest BCUT2D eigenvalue weighted by atomic mass is 16.5. The molecule has 0 saturated heterocycles. The van der Waals surface area contributed by atoms with Crippen molar-refractivity contribution in [2.45, 2.75) is 33.2 Å². The molecule has 0 radical (unpaired) electrons. The molecule has 0 aliphatic heterocycles. The topological polar surface area (TPSA) is 75.3 Å². The van der Waals surface area contributed by atoms with Gasteiger partial charge in [0, 0.05) is 31.3 Å². The quantitative estimate of drug-likeness (QED) is 0.879. The van der Waals surface area contributed by atoms with Crippen LogP contribution >= 0.6 is 0 Å². The van der Waals surface area contributed by atoms with Gasteiger partial charge in [-0.1, -0.05) is 12.1 Å². The lowest BCUT2D eigenvalue weighted by Crippen LogP contribution is -2.27. The molecule has 0 atom stereocenters. The number of hydrogen-bond donors (Lipinski definition) is 1. The van der Waals surface area contributed by atoms with Gasteiger partial charge in [-0.25, -0.2) is 4.98 Å². The molecule has 24 heavy (non-hydrogen) atoms. The van der Waals surface area contributed by atoms with Gasteiger partial charge in [-0.2, -0.15) is 0 Å². The molecular formula is C18H23N3O3. The largest absolute Gasteiger partial charge is 0.497 e. The second kappa shape index (κ2) is 7.77. The van der Waals surface area contributed by atoms with E-state index in [1.165, 1.54) is 0 Å². The van der Waals surface area contributed by atoms with E-state index < -0.39 is 0 Å². The van der Waals surface area contributed by atoms with E-state index in [9.17, 15) is 9.59 Å². The van der Waals surface area contributed by atoms with Crippen molar-refractivity contribution in [2.24, 2.45) is 0 Å². The Morgan fingerprint density at radius 1 is 1.25 bits per heavy atom. The summed E-state index contributed by atoms with van der Waals surface area (Å²) in [6.07, 6.45) is 0.668. The summed E-state index contributed by atoms with van der Waals surface area (Å²) >= 11 is 0. The first-order chi connectivity index (χ1) is 11.4. The van der Waals surface area contributed by atoms with Gasteiger partial charge >= 0.3 is 0 Å². The molecule has 0 bridgehead atoms. The third-order valence-electron chi connectivity index (χ3n) is 3.93. The molecule has 2 rings (SSSR count). The van der Waals surface area contributed by atoms with E-state index in [-0.39, 0.29) is 17.9 Å². The van der Waals surface area contributed by atoms with Crippen LogP contribution in [0.3, 0.4) is 0 Å². The number of nitrogens with zero attached hydrogens (tertiary/aromatic N) is 2. The first-order valence-electron chi connectivity index (χ1n) is 7.84. The average Bonchev–Trinajstić information content (AvgIpc) is 2.54. The molecule has 1 aromatic heterocycles. The van der Waals surface area contributed by atoms with Crippen molar-refractivity contribution >= 4 is 5.91 Å². The second-order valence-electron chi connectivity index (χ2n) is 5.81. The van der Waals surface area contributed by atoms with E-state index in [0.29, 0.717) is 30.0 Å². The maximum atomic E-state index is 12.3. The van der Waals surface area contributed by atoms with E-state index >= 15 is 0 Å². The summed E-state index contributed by atoms with van der Waals surface area (Å²) in [5.74, 6) is 1.36. The molecule has 6 nitrogen and oxygen atoms in total. The molecule has 0 spiro atoms. The van der Waals surface area contributed by atoms with Crippen molar-refractivity contribution in [3.8, 4) is 5.75 Å². The molecule has 2 aromatic rings. The molecular weight excluding hydrogens is 306 g/mol. The normalized spacial score (nSPS) is 10.5. The second-order valence-corrected chi connectivity index (χ2v) is 5.81. The summed E-state index contributed by atoms with van der Waals surface area (Å²) in [4.78, 5) is 32.9. The fourth-order valence-corrected chi connectivity index (χ4v) is 2.56. The van der Waals surface area contributed by atoms with Gasteiger partial charge in [-0.05, 0) is 38.0 Å². The van der Waals surface area contributed by atoms with Gasteiger partial charge < -0.3 is 14.6 Å². The van der Waals surface area contributed by atoms with Crippen LogP contribution in [0.25, 0.3) is 0 Å². The van der Waals surface area contributed by atoms with Gasteiger partial charge in [0.25, 0.3) is 5.56 Å². The predicted molar refractivity (Wildman–Crippen MR) is 92.1 cm³/mol. The Morgan fingerprint density at radius 3 is 2.50 bits per heavy atom. The number of carbonyl (C=O) groups excluding carboxylic acids is 1. The SMILES string of the molecule is COc1ccc(CN(C)C(=O)CCc2c(C)nc(C)[nH]c2=O)cc1. The maximum Gasteiger partial charge on any atom is 0.254 e. The lowest BCUT2D eigenvalue weighted by molar-refractivity contribution is -0.130. The Hall–Kier alpha value is -2.63. The summed E-state index contributed by atoms with van der Waals surface area (Å²) in [6.45, 7) is 4.05. The van der Waals surface area contributed by atoms with Crippen LogP contribution < -0.4 is 10.3 Å². The van der Waals surface area contributed by atoms with Crippen LogP contribution in [0.15, 0.2) is 29.1 Å². The van der Waals surface area contributed by atoms with Crippen LogP contribution in [0.2, 0.25) is 0 Å². The van der Waals surface area contributed by atoms with E-state index in [1.807, 2.05) is 24.3 Å². The highest BCUT2D eigenvalue weighted by molar-refractivity contribution is 5.76. The highest BCUT2D eigenvalue weighted by Gasteiger charge is 2.13. The van der Waals surface area contributed by atoms with Crippen molar-refractivity contribution in [2.75, 3.05) is 14.2 Å². The van der Waals surface area contributed by atoms with E-state index in [2.05, 4.69) is 9.97 Å². The van der Waals surface area contributed by atoms with Crippen LogP contribution in [-0.4, -0.2) is 34.9 Å². The van der Waals surface area contributed by atoms with E-state index in [0.717, 1.165) is 11.3 Å². The van der Waals surface area contributed by atoms with Crippen molar-refractivity contribution < 1.29 is 9.53 Å². The molecule has 1 heterocycles. The first kappa shape index (κ1) is 17.7. The summed E-state index contributed by atoms with van der Waals surface area (Å²) in [5, 5.41) is 0. The smallest absolute Gasteiger partial charge is 0.254 e. The number of rotatable bonds is 6. The average molecular weight is 329 g/mol. The number of ether oxygens (including phenoxy) is 1.